The minimum Gasteiger partial charge on any atom is -0.381 e. The second kappa shape index (κ2) is 8.30. The first kappa shape index (κ1) is 18.4. The predicted molar refractivity (Wildman–Crippen MR) is 98.5 cm³/mol. The fraction of sp³-hybridized carbons (Fsp3) is 0.650. The molecule has 0 saturated carbocycles. The third-order valence-electron chi connectivity index (χ3n) is 5.46. The van der Waals surface area contributed by atoms with Gasteiger partial charge in [-0.05, 0) is 43.0 Å². The third kappa shape index (κ3) is 4.60. The van der Waals surface area contributed by atoms with Gasteiger partial charge in [0.2, 0.25) is 0 Å². The molecular formula is C20H30N2O3. The van der Waals surface area contributed by atoms with E-state index in [1.807, 2.05) is 12.1 Å². The summed E-state index contributed by atoms with van der Waals surface area (Å²) in [5, 5.41) is 3.01. The maximum atomic E-state index is 12.7. The summed E-state index contributed by atoms with van der Waals surface area (Å²) in [4.78, 5) is 15.2. The van der Waals surface area contributed by atoms with Gasteiger partial charge in [0.05, 0.1) is 0 Å². The summed E-state index contributed by atoms with van der Waals surface area (Å²) in [6, 6.07) is 8.20. The van der Waals surface area contributed by atoms with Crippen molar-refractivity contribution in [3.8, 4) is 0 Å². The monoisotopic (exact) mass is 346 g/mol. The van der Waals surface area contributed by atoms with Crippen LogP contribution in [-0.2, 0) is 20.8 Å². The zero-order chi connectivity index (χ0) is 17.7. The van der Waals surface area contributed by atoms with Gasteiger partial charge < -0.3 is 14.8 Å². The van der Waals surface area contributed by atoms with Gasteiger partial charge in [-0.3, -0.25) is 9.69 Å². The molecule has 1 aromatic rings. The first-order chi connectivity index (χ1) is 12.1. The van der Waals surface area contributed by atoms with E-state index in [-0.39, 0.29) is 5.91 Å². The summed E-state index contributed by atoms with van der Waals surface area (Å²) in [6.45, 7) is 6.80. The SMILES string of the molecule is COC1(C(=O)Nc2ccc(CN3CCCC(C)C3)cc2)CCOCC1. The van der Waals surface area contributed by atoms with E-state index in [0.717, 1.165) is 18.2 Å². The summed E-state index contributed by atoms with van der Waals surface area (Å²) < 4.78 is 10.9. The van der Waals surface area contributed by atoms with Crippen molar-refractivity contribution in [3.05, 3.63) is 29.8 Å². The molecule has 2 aliphatic rings. The summed E-state index contributed by atoms with van der Waals surface area (Å²) in [5.41, 5.74) is 1.35. The van der Waals surface area contributed by atoms with Crippen molar-refractivity contribution in [3.63, 3.8) is 0 Å². The lowest BCUT2D eigenvalue weighted by Gasteiger charge is -2.34. The number of rotatable bonds is 5. The lowest BCUT2D eigenvalue weighted by Crippen LogP contribution is -2.48. The third-order valence-corrected chi connectivity index (χ3v) is 5.46. The number of nitrogens with one attached hydrogen (secondary N) is 1. The summed E-state index contributed by atoms with van der Waals surface area (Å²) >= 11 is 0. The van der Waals surface area contributed by atoms with Crippen LogP contribution in [0.4, 0.5) is 5.69 Å². The second-order valence-corrected chi connectivity index (χ2v) is 7.44. The number of hydrogen-bond acceptors (Lipinski definition) is 4. The Bertz CT molecular complexity index is 567. The molecule has 5 heteroatoms. The van der Waals surface area contributed by atoms with Gasteiger partial charge in [0.15, 0.2) is 5.60 Å². The first-order valence-electron chi connectivity index (χ1n) is 9.37. The van der Waals surface area contributed by atoms with Crippen LogP contribution in [0.15, 0.2) is 24.3 Å². The molecular weight excluding hydrogens is 316 g/mol. The maximum absolute atomic E-state index is 12.7. The standard InChI is InChI=1S/C20H30N2O3/c1-16-4-3-11-22(14-16)15-17-5-7-18(8-6-17)21-19(23)20(24-2)9-12-25-13-10-20/h5-8,16H,3-4,9-15H2,1-2H3,(H,21,23). The van der Waals surface area contributed by atoms with Crippen LogP contribution in [0.25, 0.3) is 0 Å². The van der Waals surface area contributed by atoms with E-state index in [1.165, 1.54) is 31.5 Å². The van der Waals surface area contributed by atoms with Crippen molar-refractivity contribution < 1.29 is 14.3 Å². The molecule has 0 aromatic heterocycles. The van der Waals surface area contributed by atoms with E-state index in [9.17, 15) is 4.79 Å². The van der Waals surface area contributed by atoms with Crippen LogP contribution in [-0.4, -0.2) is 49.8 Å². The van der Waals surface area contributed by atoms with Crippen molar-refractivity contribution in [1.29, 1.82) is 0 Å². The fourth-order valence-corrected chi connectivity index (χ4v) is 3.85. The van der Waals surface area contributed by atoms with E-state index < -0.39 is 5.60 Å². The van der Waals surface area contributed by atoms with Crippen molar-refractivity contribution in [2.45, 2.75) is 44.8 Å². The number of nitrogens with zero attached hydrogens (tertiary/aromatic N) is 1. The van der Waals surface area contributed by atoms with Crippen molar-refractivity contribution in [2.75, 3.05) is 38.7 Å². The van der Waals surface area contributed by atoms with Gasteiger partial charge >= 0.3 is 0 Å². The number of carbonyl (C=O) groups is 1. The fourth-order valence-electron chi connectivity index (χ4n) is 3.85. The highest BCUT2D eigenvalue weighted by molar-refractivity contribution is 5.97. The number of likely N-dealkylation sites (tertiary alicyclic amines) is 1. The Hall–Kier alpha value is -1.43. The van der Waals surface area contributed by atoms with E-state index in [4.69, 9.17) is 9.47 Å². The lowest BCUT2D eigenvalue weighted by atomic mass is 9.93. The number of ether oxygens (including phenoxy) is 2. The van der Waals surface area contributed by atoms with Crippen molar-refractivity contribution in [1.82, 2.24) is 4.90 Å². The normalized spacial score (nSPS) is 24.0. The quantitative estimate of drug-likeness (QED) is 0.890. The van der Waals surface area contributed by atoms with Crippen LogP contribution in [0.3, 0.4) is 0 Å². The molecule has 0 bridgehead atoms. The second-order valence-electron chi connectivity index (χ2n) is 7.44. The summed E-state index contributed by atoms with van der Waals surface area (Å²) in [7, 11) is 1.60. The van der Waals surface area contributed by atoms with Crippen LogP contribution in [0.1, 0.15) is 38.2 Å². The van der Waals surface area contributed by atoms with E-state index in [0.29, 0.717) is 26.1 Å². The topological polar surface area (TPSA) is 50.8 Å². The van der Waals surface area contributed by atoms with Crippen LogP contribution in [0.2, 0.25) is 0 Å². The number of carbonyl (C=O) groups excluding carboxylic acids is 1. The molecule has 2 heterocycles. The molecule has 0 aliphatic carbocycles. The summed E-state index contributed by atoms with van der Waals surface area (Å²) in [5.74, 6) is 0.716. The lowest BCUT2D eigenvalue weighted by molar-refractivity contribution is -0.149. The van der Waals surface area contributed by atoms with E-state index >= 15 is 0 Å². The zero-order valence-electron chi connectivity index (χ0n) is 15.4. The molecule has 5 nitrogen and oxygen atoms in total. The number of amides is 1. The molecule has 2 fully saturated rings. The number of anilines is 1. The number of benzene rings is 1. The molecule has 2 aliphatic heterocycles. The number of methoxy groups -OCH3 is 1. The molecule has 2 saturated heterocycles. The molecule has 3 rings (SSSR count). The van der Waals surface area contributed by atoms with Gasteiger partial charge in [0.25, 0.3) is 5.91 Å². The highest BCUT2D eigenvalue weighted by Crippen LogP contribution is 2.26. The molecule has 1 atom stereocenters. The Morgan fingerprint density at radius 3 is 2.68 bits per heavy atom. The summed E-state index contributed by atoms with van der Waals surface area (Å²) in [6.07, 6.45) is 3.83. The molecule has 1 unspecified atom stereocenters. The minimum atomic E-state index is -0.763. The molecule has 1 amide bonds. The molecule has 138 valence electrons. The largest absolute Gasteiger partial charge is 0.381 e. The average molecular weight is 346 g/mol. The Morgan fingerprint density at radius 2 is 2.04 bits per heavy atom. The Kier molecular flexibility index (Phi) is 6.10. The van der Waals surface area contributed by atoms with Gasteiger partial charge in [0, 0.05) is 51.9 Å². The number of piperidine rings is 1. The van der Waals surface area contributed by atoms with Crippen LogP contribution >= 0.6 is 0 Å². The van der Waals surface area contributed by atoms with E-state index in [2.05, 4.69) is 29.3 Å². The van der Waals surface area contributed by atoms with Crippen LogP contribution in [0, 0.1) is 5.92 Å². The molecule has 1 N–H and O–H groups in total. The van der Waals surface area contributed by atoms with Gasteiger partial charge in [-0.15, -0.1) is 0 Å². The van der Waals surface area contributed by atoms with Gasteiger partial charge in [-0.1, -0.05) is 19.1 Å². The molecule has 0 spiro atoms. The minimum absolute atomic E-state index is 0.0732. The average Bonchev–Trinajstić information content (AvgIpc) is 2.64. The molecule has 1 aromatic carbocycles. The van der Waals surface area contributed by atoms with Crippen LogP contribution in [0.5, 0.6) is 0 Å². The van der Waals surface area contributed by atoms with Crippen molar-refractivity contribution >= 4 is 11.6 Å². The van der Waals surface area contributed by atoms with E-state index in [1.54, 1.807) is 7.11 Å². The molecule has 0 radical (unpaired) electrons. The zero-order valence-corrected chi connectivity index (χ0v) is 15.4. The Balaban J connectivity index is 1.57. The Morgan fingerprint density at radius 1 is 1.32 bits per heavy atom. The Labute approximate surface area is 150 Å². The maximum Gasteiger partial charge on any atom is 0.256 e. The highest BCUT2D eigenvalue weighted by atomic mass is 16.5. The van der Waals surface area contributed by atoms with Gasteiger partial charge in [-0.25, -0.2) is 0 Å². The van der Waals surface area contributed by atoms with Crippen LogP contribution < -0.4 is 5.32 Å². The first-order valence-corrected chi connectivity index (χ1v) is 9.37. The van der Waals surface area contributed by atoms with Gasteiger partial charge in [-0.2, -0.15) is 0 Å². The van der Waals surface area contributed by atoms with Gasteiger partial charge in [0.1, 0.15) is 0 Å². The number of hydrogen-bond donors (Lipinski definition) is 1. The predicted octanol–water partition coefficient (Wildman–Crippen LogP) is 3.05. The molecule has 25 heavy (non-hydrogen) atoms. The van der Waals surface area contributed by atoms with Crippen molar-refractivity contribution in [2.24, 2.45) is 5.92 Å². The highest BCUT2D eigenvalue weighted by Gasteiger charge is 2.40. The smallest absolute Gasteiger partial charge is 0.256 e.